The molecule has 0 aliphatic carbocycles. The van der Waals surface area contributed by atoms with Gasteiger partial charge in [-0.3, -0.25) is 14.2 Å². The van der Waals surface area contributed by atoms with Crippen LogP contribution in [0, 0.1) is 0 Å². The first kappa shape index (κ1) is 22.0. The number of para-hydroxylation sites is 1. The second-order valence-electron chi connectivity index (χ2n) is 6.30. The predicted molar refractivity (Wildman–Crippen MR) is 122 cm³/mol. The van der Waals surface area contributed by atoms with Crippen molar-refractivity contribution in [2.75, 3.05) is 11.1 Å². The Bertz CT molecular complexity index is 1090. The molecule has 0 fully saturated rings. The second-order valence-corrected chi connectivity index (χ2v) is 8.50. The molecular formula is C20H18Cl3N3O2S. The highest BCUT2D eigenvalue weighted by molar-refractivity contribution is 7.99. The molecule has 1 amide bonds. The topological polar surface area (TPSA) is 64.0 Å². The number of hydrogen-bond donors (Lipinski definition) is 1. The summed E-state index contributed by atoms with van der Waals surface area (Å²) < 4.78 is 1.63. The number of thioether (sulfide) groups is 1. The van der Waals surface area contributed by atoms with Crippen LogP contribution in [0.15, 0.2) is 46.3 Å². The summed E-state index contributed by atoms with van der Waals surface area (Å²) >= 11 is 19.3. The zero-order chi connectivity index (χ0) is 21.0. The molecule has 1 aromatic heterocycles. The number of benzene rings is 2. The summed E-state index contributed by atoms with van der Waals surface area (Å²) in [5, 5.41) is 4.66. The van der Waals surface area contributed by atoms with Crippen LogP contribution in [0.3, 0.4) is 0 Å². The van der Waals surface area contributed by atoms with Gasteiger partial charge >= 0.3 is 0 Å². The molecule has 5 nitrogen and oxygen atoms in total. The van der Waals surface area contributed by atoms with Gasteiger partial charge in [0, 0.05) is 11.6 Å². The van der Waals surface area contributed by atoms with Gasteiger partial charge in [0.15, 0.2) is 5.16 Å². The Balaban J connectivity index is 1.82. The Kier molecular flexibility index (Phi) is 7.46. The van der Waals surface area contributed by atoms with Crippen molar-refractivity contribution >= 4 is 69.1 Å². The van der Waals surface area contributed by atoms with Crippen LogP contribution < -0.4 is 10.9 Å². The van der Waals surface area contributed by atoms with Gasteiger partial charge in [-0.25, -0.2) is 4.98 Å². The fourth-order valence-corrected chi connectivity index (χ4v) is 4.48. The number of fused-ring (bicyclic) bond motifs is 1. The van der Waals surface area contributed by atoms with Gasteiger partial charge in [-0.05, 0) is 30.7 Å². The lowest BCUT2D eigenvalue weighted by atomic mass is 10.2. The number of anilines is 1. The molecule has 0 radical (unpaired) electrons. The predicted octanol–water partition coefficient (Wildman–Crippen LogP) is 5.89. The standard InChI is InChI=1S/C20H18Cl3N3O2S/c1-2-3-8-26-19(28)13-6-4-5-7-16(13)24-20(26)29-11-17(27)25-18-14(22)9-12(21)10-15(18)23/h4-7,9-10H,2-3,8,11H2,1H3,(H,25,27). The van der Waals surface area contributed by atoms with Crippen LogP contribution in [0.25, 0.3) is 10.9 Å². The molecule has 0 aliphatic heterocycles. The van der Waals surface area contributed by atoms with Crippen LogP contribution >= 0.6 is 46.6 Å². The van der Waals surface area contributed by atoms with Gasteiger partial charge in [-0.1, -0.05) is 72.0 Å². The molecule has 0 aliphatic rings. The summed E-state index contributed by atoms with van der Waals surface area (Å²) in [4.78, 5) is 29.9. The number of halogens is 3. The average molecular weight is 471 g/mol. The van der Waals surface area contributed by atoms with E-state index in [9.17, 15) is 9.59 Å². The Morgan fingerprint density at radius 1 is 1.17 bits per heavy atom. The van der Waals surface area contributed by atoms with Crippen molar-refractivity contribution < 1.29 is 4.79 Å². The summed E-state index contributed by atoms with van der Waals surface area (Å²) in [6.07, 6.45) is 1.78. The summed E-state index contributed by atoms with van der Waals surface area (Å²) in [5.74, 6) is -0.266. The van der Waals surface area contributed by atoms with E-state index in [1.807, 2.05) is 12.1 Å². The molecule has 1 heterocycles. The van der Waals surface area contributed by atoms with Crippen molar-refractivity contribution in [3.63, 3.8) is 0 Å². The number of nitrogens with one attached hydrogen (secondary N) is 1. The number of hydrogen-bond acceptors (Lipinski definition) is 4. The monoisotopic (exact) mass is 469 g/mol. The van der Waals surface area contributed by atoms with Crippen LogP contribution in [-0.2, 0) is 11.3 Å². The van der Waals surface area contributed by atoms with E-state index in [0.29, 0.717) is 33.3 Å². The van der Waals surface area contributed by atoms with Crippen LogP contribution in [0.2, 0.25) is 15.1 Å². The zero-order valence-electron chi connectivity index (χ0n) is 15.5. The molecule has 9 heteroatoms. The molecule has 29 heavy (non-hydrogen) atoms. The SMILES string of the molecule is CCCCn1c(SCC(=O)Nc2c(Cl)cc(Cl)cc2Cl)nc2ccccc2c1=O. The van der Waals surface area contributed by atoms with Gasteiger partial charge in [0.25, 0.3) is 5.56 Å². The number of aromatic nitrogens is 2. The third-order valence-corrected chi connectivity index (χ3v) is 5.96. The lowest BCUT2D eigenvalue weighted by molar-refractivity contribution is -0.113. The normalized spacial score (nSPS) is 11.0. The highest BCUT2D eigenvalue weighted by Gasteiger charge is 2.15. The molecule has 3 rings (SSSR count). The molecule has 0 spiro atoms. The first-order chi connectivity index (χ1) is 13.9. The van der Waals surface area contributed by atoms with Crippen molar-refractivity contribution in [1.29, 1.82) is 0 Å². The Labute approximate surface area is 187 Å². The molecule has 0 unspecified atom stereocenters. The van der Waals surface area contributed by atoms with Crippen molar-refractivity contribution in [3.05, 3.63) is 61.8 Å². The zero-order valence-corrected chi connectivity index (χ0v) is 18.6. The Hall–Kier alpha value is -1.73. The number of nitrogens with zero attached hydrogens (tertiary/aromatic N) is 2. The van der Waals surface area contributed by atoms with Crippen molar-refractivity contribution in [3.8, 4) is 0 Å². The van der Waals surface area contributed by atoms with Gasteiger partial charge in [0.2, 0.25) is 5.91 Å². The Morgan fingerprint density at radius 3 is 2.55 bits per heavy atom. The minimum absolute atomic E-state index is 0.0478. The molecule has 2 aromatic carbocycles. The van der Waals surface area contributed by atoms with Gasteiger partial charge in [-0.15, -0.1) is 0 Å². The van der Waals surface area contributed by atoms with E-state index < -0.39 is 0 Å². The van der Waals surface area contributed by atoms with Gasteiger partial charge in [0.1, 0.15) is 0 Å². The number of rotatable bonds is 7. The number of carbonyl (C=O) groups is 1. The third kappa shape index (κ3) is 5.25. The molecule has 0 bridgehead atoms. The maximum atomic E-state index is 12.9. The summed E-state index contributed by atoms with van der Waals surface area (Å²) in [6, 6.07) is 10.2. The molecular weight excluding hydrogens is 453 g/mol. The van der Waals surface area contributed by atoms with Crippen LogP contribution in [0.1, 0.15) is 19.8 Å². The summed E-state index contributed by atoms with van der Waals surface area (Å²) in [5.41, 5.74) is 0.811. The van der Waals surface area contributed by atoms with Crippen LogP contribution in [0.4, 0.5) is 5.69 Å². The van der Waals surface area contributed by atoms with E-state index in [0.717, 1.165) is 12.8 Å². The molecule has 0 saturated carbocycles. The largest absolute Gasteiger partial charge is 0.323 e. The van der Waals surface area contributed by atoms with E-state index in [1.165, 1.54) is 23.9 Å². The molecule has 0 atom stereocenters. The number of amides is 1. The van der Waals surface area contributed by atoms with Crippen molar-refractivity contribution in [2.45, 2.75) is 31.5 Å². The molecule has 3 aromatic rings. The maximum Gasteiger partial charge on any atom is 0.262 e. The minimum atomic E-state index is -0.314. The maximum absolute atomic E-state index is 12.9. The second kappa shape index (κ2) is 9.85. The van der Waals surface area contributed by atoms with E-state index in [-0.39, 0.29) is 27.3 Å². The quantitative estimate of drug-likeness (QED) is 0.345. The Morgan fingerprint density at radius 2 is 1.86 bits per heavy atom. The first-order valence-electron chi connectivity index (χ1n) is 8.97. The van der Waals surface area contributed by atoms with Crippen LogP contribution in [0.5, 0.6) is 0 Å². The summed E-state index contributed by atoms with van der Waals surface area (Å²) in [7, 11) is 0. The van der Waals surface area contributed by atoms with Gasteiger partial charge in [0.05, 0.1) is 32.4 Å². The van der Waals surface area contributed by atoms with E-state index in [1.54, 1.807) is 16.7 Å². The fraction of sp³-hybridized carbons (Fsp3) is 0.250. The lowest BCUT2D eigenvalue weighted by Crippen LogP contribution is -2.24. The van der Waals surface area contributed by atoms with Crippen molar-refractivity contribution in [2.24, 2.45) is 0 Å². The summed E-state index contributed by atoms with van der Waals surface area (Å²) in [6.45, 7) is 2.60. The van der Waals surface area contributed by atoms with E-state index in [2.05, 4.69) is 17.2 Å². The molecule has 0 saturated heterocycles. The average Bonchev–Trinajstić information content (AvgIpc) is 2.68. The smallest absolute Gasteiger partial charge is 0.262 e. The third-order valence-electron chi connectivity index (χ3n) is 4.17. The lowest BCUT2D eigenvalue weighted by Gasteiger charge is -2.13. The van der Waals surface area contributed by atoms with Crippen molar-refractivity contribution in [1.82, 2.24) is 9.55 Å². The molecule has 152 valence electrons. The minimum Gasteiger partial charge on any atom is -0.323 e. The number of unbranched alkanes of at least 4 members (excludes halogenated alkanes) is 1. The van der Waals surface area contributed by atoms with Crippen LogP contribution in [-0.4, -0.2) is 21.2 Å². The van der Waals surface area contributed by atoms with Gasteiger partial charge < -0.3 is 5.32 Å². The molecule has 1 N–H and O–H groups in total. The highest BCUT2D eigenvalue weighted by Crippen LogP contribution is 2.33. The van der Waals surface area contributed by atoms with E-state index in [4.69, 9.17) is 34.8 Å². The number of carbonyl (C=O) groups excluding carboxylic acids is 1. The van der Waals surface area contributed by atoms with E-state index >= 15 is 0 Å². The highest BCUT2D eigenvalue weighted by atomic mass is 35.5. The van der Waals surface area contributed by atoms with Gasteiger partial charge in [-0.2, -0.15) is 0 Å². The first-order valence-corrected chi connectivity index (χ1v) is 11.1. The fourth-order valence-electron chi connectivity index (χ4n) is 2.74.